The molecule has 0 bridgehead atoms. The summed E-state index contributed by atoms with van der Waals surface area (Å²) in [5, 5.41) is 16.3. The van der Waals surface area contributed by atoms with Gasteiger partial charge in [0.05, 0.1) is 6.42 Å². The van der Waals surface area contributed by atoms with Crippen LogP contribution in [0.5, 0.6) is 0 Å². The van der Waals surface area contributed by atoms with Gasteiger partial charge in [-0.25, -0.2) is 4.79 Å². The zero-order chi connectivity index (χ0) is 24.3. The van der Waals surface area contributed by atoms with Crippen LogP contribution in [-0.4, -0.2) is 59.0 Å². The first kappa shape index (κ1) is 26.6. The average Bonchev–Trinajstić information content (AvgIpc) is 2.71. The molecule has 32 heavy (non-hydrogen) atoms. The van der Waals surface area contributed by atoms with Gasteiger partial charge in [-0.2, -0.15) is 0 Å². The van der Waals surface area contributed by atoms with Gasteiger partial charge >= 0.3 is 11.9 Å². The molecule has 0 fully saturated rings. The highest BCUT2D eigenvalue weighted by atomic mass is 16.5. The lowest BCUT2D eigenvalue weighted by Gasteiger charge is -2.23. The normalized spacial score (nSPS) is 13.4. The molecule has 0 heterocycles. The van der Waals surface area contributed by atoms with E-state index in [1.807, 2.05) is 30.3 Å². The Morgan fingerprint density at radius 3 is 2.06 bits per heavy atom. The van der Waals surface area contributed by atoms with Crippen LogP contribution in [0.2, 0.25) is 0 Å². The molecule has 0 radical (unpaired) electrons. The van der Waals surface area contributed by atoms with Crippen LogP contribution < -0.4 is 16.0 Å². The Bertz CT molecular complexity index is 811. The van der Waals surface area contributed by atoms with E-state index in [1.54, 1.807) is 13.8 Å². The second kappa shape index (κ2) is 13.1. The van der Waals surface area contributed by atoms with Crippen LogP contribution in [0.4, 0.5) is 0 Å². The first-order valence-corrected chi connectivity index (χ1v) is 10.4. The quantitative estimate of drug-likeness (QED) is 0.340. The number of ether oxygens (including phenoxy) is 1. The van der Waals surface area contributed by atoms with E-state index < -0.39 is 41.9 Å². The van der Waals surface area contributed by atoms with Gasteiger partial charge in [-0.3, -0.25) is 19.2 Å². The summed E-state index contributed by atoms with van der Waals surface area (Å²) < 4.78 is 5.10. The second-order valence-electron chi connectivity index (χ2n) is 7.68. The number of carboxylic acid groups (broad SMARTS) is 1. The van der Waals surface area contributed by atoms with Crippen LogP contribution >= 0.6 is 0 Å². The summed E-state index contributed by atoms with van der Waals surface area (Å²) in [6, 6.07) is 7.08. The van der Waals surface area contributed by atoms with E-state index in [0.717, 1.165) is 5.56 Å². The molecule has 0 saturated heterocycles. The van der Waals surface area contributed by atoms with Crippen molar-refractivity contribution in [2.45, 2.75) is 71.2 Å². The zero-order valence-electron chi connectivity index (χ0n) is 18.7. The molecule has 10 heteroatoms. The topological polar surface area (TPSA) is 151 Å². The van der Waals surface area contributed by atoms with E-state index >= 15 is 0 Å². The third kappa shape index (κ3) is 10.1. The number of carbonyl (C=O) groups is 5. The molecule has 1 aromatic carbocycles. The maximum absolute atomic E-state index is 12.6. The molecule has 1 rings (SSSR count). The molecule has 3 amide bonds. The van der Waals surface area contributed by atoms with Crippen molar-refractivity contribution in [1.82, 2.24) is 16.0 Å². The summed E-state index contributed by atoms with van der Waals surface area (Å²) >= 11 is 0. The fourth-order valence-electron chi connectivity index (χ4n) is 2.66. The first-order chi connectivity index (χ1) is 15.0. The van der Waals surface area contributed by atoms with Gasteiger partial charge in [0.15, 0.2) is 6.10 Å². The van der Waals surface area contributed by atoms with Crippen molar-refractivity contribution in [3.05, 3.63) is 35.9 Å². The molecular weight excluding hydrogens is 418 g/mol. The molecular formula is C22H31N3O7. The zero-order valence-corrected chi connectivity index (χ0v) is 18.7. The molecule has 0 aliphatic rings. The molecule has 3 atom stereocenters. The molecule has 0 aliphatic carbocycles. The second-order valence-corrected chi connectivity index (χ2v) is 7.68. The van der Waals surface area contributed by atoms with E-state index in [4.69, 9.17) is 9.84 Å². The van der Waals surface area contributed by atoms with Crippen LogP contribution in [0.25, 0.3) is 0 Å². The minimum Gasteiger partial charge on any atom is -0.481 e. The molecule has 4 N–H and O–H groups in total. The number of rotatable bonds is 12. The Hall–Kier alpha value is -3.43. The third-order valence-corrected chi connectivity index (χ3v) is 4.31. The number of hydrogen-bond donors (Lipinski definition) is 4. The molecule has 176 valence electrons. The van der Waals surface area contributed by atoms with Gasteiger partial charge < -0.3 is 25.8 Å². The number of benzene rings is 1. The third-order valence-electron chi connectivity index (χ3n) is 4.31. The lowest BCUT2D eigenvalue weighted by molar-refractivity contribution is -0.157. The van der Waals surface area contributed by atoms with E-state index in [9.17, 15) is 24.0 Å². The highest BCUT2D eigenvalue weighted by Gasteiger charge is 2.27. The number of hydrogen-bond acceptors (Lipinski definition) is 6. The summed E-state index contributed by atoms with van der Waals surface area (Å²) in [7, 11) is 0. The maximum atomic E-state index is 12.6. The minimum absolute atomic E-state index is 0.126. The first-order valence-electron chi connectivity index (χ1n) is 10.4. The largest absolute Gasteiger partial charge is 0.481 e. The lowest BCUT2D eigenvalue weighted by Crippen LogP contribution is -2.52. The highest BCUT2D eigenvalue weighted by molar-refractivity contribution is 5.91. The fraction of sp³-hybridized carbons (Fsp3) is 0.500. The smallest absolute Gasteiger partial charge is 0.329 e. The fourth-order valence-corrected chi connectivity index (χ4v) is 2.66. The molecule has 0 unspecified atom stereocenters. The van der Waals surface area contributed by atoms with Crippen molar-refractivity contribution in [3.8, 4) is 0 Å². The van der Waals surface area contributed by atoms with Gasteiger partial charge in [0, 0.05) is 18.9 Å². The van der Waals surface area contributed by atoms with Crippen LogP contribution in [0.1, 0.15) is 46.1 Å². The predicted molar refractivity (Wildman–Crippen MR) is 115 cm³/mol. The summed E-state index contributed by atoms with van der Waals surface area (Å²) in [6.45, 7) is 6.32. The lowest BCUT2D eigenvalue weighted by atomic mass is 10.0. The monoisotopic (exact) mass is 449 g/mol. The Balaban J connectivity index is 2.69. The van der Waals surface area contributed by atoms with Crippen LogP contribution in [-0.2, 0) is 35.1 Å². The van der Waals surface area contributed by atoms with E-state index in [-0.39, 0.29) is 31.2 Å². The van der Waals surface area contributed by atoms with Crippen molar-refractivity contribution in [2.24, 2.45) is 0 Å². The molecule has 0 saturated carbocycles. The van der Waals surface area contributed by atoms with Crippen molar-refractivity contribution < 1.29 is 33.8 Å². The molecule has 10 nitrogen and oxygen atoms in total. The SMILES string of the molecule is CC(C)NC(=O)[C@H](Cc1ccccc1)NC(=O)[C@H](C)OC(=O)[C@H](C)NC(=O)CCC(=O)O. The van der Waals surface area contributed by atoms with Crippen molar-refractivity contribution in [2.75, 3.05) is 0 Å². The number of carbonyl (C=O) groups excluding carboxylic acids is 4. The molecule has 1 aromatic rings. The van der Waals surface area contributed by atoms with Gasteiger partial charge in [-0.15, -0.1) is 0 Å². The minimum atomic E-state index is -1.22. The van der Waals surface area contributed by atoms with Gasteiger partial charge in [-0.1, -0.05) is 30.3 Å². The summed E-state index contributed by atoms with van der Waals surface area (Å²) in [4.78, 5) is 59.5. The van der Waals surface area contributed by atoms with Crippen molar-refractivity contribution >= 4 is 29.7 Å². The van der Waals surface area contributed by atoms with E-state index in [2.05, 4.69) is 16.0 Å². The average molecular weight is 450 g/mol. The predicted octanol–water partition coefficient (Wildman–Crippen LogP) is 0.540. The van der Waals surface area contributed by atoms with Gasteiger partial charge in [-0.05, 0) is 33.3 Å². The van der Waals surface area contributed by atoms with E-state index in [1.165, 1.54) is 13.8 Å². The number of amides is 3. The Labute approximate surface area is 187 Å². The number of nitrogens with one attached hydrogen (secondary N) is 3. The van der Waals surface area contributed by atoms with Crippen molar-refractivity contribution in [3.63, 3.8) is 0 Å². The summed E-state index contributed by atoms with van der Waals surface area (Å²) in [5.74, 6) is -3.64. The maximum Gasteiger partial charge on any atom is 0.329 e. The molecule has 0 aliphatic heterocycles. The highest BCUT2D eigenvalue weighted by Crippen LogP contribution is 2.06. The number of aliphatic carboxylic acids is 1. The van der Waals surface area contributed by atoms with Crippen LogP contribution in [0, 0.1) is 0 Å². The summed E-state index contributed by atoms with van der Waals surface area (Å²) in [5.41, 5.74) is 0.846. The molecule has 0 spiro atoms. The summed E-state index contributed by atoms with van der Waals surface area (Å²) in [6.07, 6.45) is -1.61. The van der Waals surface area contributed by atoms with Crippen molar-refractivity contribution in [1.29, 1.82) is 0 Å². The Kier molecular flexibility index (Phi) is 10.9. The van der Waals surface area contributed by atoms with Gasteiger partial charge in [0.1, 0.15) is 12.1 Å². The van der Waals surface area contributed by atoms with Crippen LogP contribution in [0.15, 0.2) is 30.3 Å². The van der Waals surface area contributed by atoms with Gasteiger partial charge in [0.2, 0.25) is 11.8 Å². The van der Waals surface area contributed by atoms with E-state index in [0.29, 0.717) is 0 Å². The number of esters is 1. The standard InChI is InChI=1S/C22H31N3O7/c1-13(2)23-21(30)17(12-16-8-6-5-7-9-16)25-20(29)15(4)32-22(31)14(3)24-18(26)10-11-19(27)28/h5-9,13-15,17H,10-12H2,1-4H3,(H,23,30)(H,24,26)(H,25,29)(H,27,28)/t14-,15-,17-/m0/s1. The number of carboxylic acids is 1. The van der Waals surface area contributed by atoms with Gasteiger partial charge in [0.25, 0.3) is 5.91 Å². The Morgan fingerprint density at radius 2 is 1.50 bits per heavy atom. The van der Waals surface area contributed by atoms with Crippen LogP contribution in [0.3, 0.4) is 0 Å². The molecule has 0 aromatic heterocycles. The Morgan fingerprint density at radius 1 is 0.875 bits per heavy atom.